The van der Waals surface area contributed by atoms with Crippen molar-refractivity contribution in [2.75, 3.05) is 5.32 Å². The van der Waals surface area contributed by atoms with E-state index in [9.17, 15) is 8.42 Å². The van der Waals surface area contributed by atoms with Crippen LogP contribution in [-0.2, 0) is 16.4 Å². The number of hydrogen-bond acceptors (Lipinski definition) is 6. The Morgan fingerprint density at radius 1 is 1.07 bits per heavy atom. The molecule has 2 aromatic carbocycles. The summed E-state index contributed by atoms with van der Waals surface area (Å²) in [4.78, 5) is 5.25. The van der Waals surface area contributed by atoms with Crippen molar-refractivity contribution in [2.24, 2.45) is 0 Å². The van der Waals surface area contributed by atoms with Crippen molar-refractivity contribution in [1.82, 2.24) is 4.98 Å². The number of hydrogen-bond donors (Lipinski definition) is 1. The Balaban J connectivity index is 1.73. The topological polar surface area (TPSA) is 72.2 Å². The Labute approximate surface area is 177 Å². The highest BCUT2D eigenvalue weighted by Gasteiger charge is 2.28. The van der Waals surface area contributed by atoms with Crippen LogP contribution in [0.3, 0.4) is 0 Å². The van der Waals surface area contributed by atoms with Crippen LogP contribution in [0.15, 0.2) is 80.4 Å². The molecule has 4 rings (SSSR count). The van der Waals surface area contributed by atoms with Crippen LogP contribution in [0, 0.1) is 6.92 Å². The first-order valence-electron chi connectivity index (χ1n) is 8.78. The van der Waals surface area contributed by atoms with E-state index >= 15 is 0 Å². The van der Waals surface area contributed by atoms with Gasteiger partial charge in [0.2, 0.25) is 26.6 Å². The second-order valence-corrected chi connectivity index (χ2v) is 9.68. The first-order valence-corrected chi connectivity index (χ1v) is 11.5. The molecule has 5 nitrogen and oxygen atoms in total. The quantitative estimate of drug-likeness (QED) is 0.406. The van der Waals surface area contributed by atoms with E-state index in [0.29, 0.717) is 11.6 Å². The predicted octanol–water partition coefficient (Wildman–Crippen LogP) is 5.81. The van der Waals surface area contributed by atoms with Gasteiger partial charge in [-0.1, -0.05) is 47.5 Å². The van der Waals surface area contributed by atoms with Crippen LogP contribution >= 0.6 is 22.9 Å². The van der Waals surface area contributed by atoms with Crippen molar-refractivity contribution in [3.05, 3.63) is 82.2 Å². The van der Waals surface area contributed by atoms with Crippen molar-refractivity contribution < 1.29 is 12.8 Å². The van der Waals surface area contributed by atoms with Gasteiger partial charge in [0.1, 0.15) is 0 Å². The van der Waals surface area contributed by atoms with Crippen LogP contribution in [0.4, 0.5) is 5.88 Å². The molecule has 0 aliphatic carbocycles. The molecule has 0 aliphatic heterocycles. The first kappa shape index (κ1) is 19.7. The summed E-state index contributed by atoms with van der Waals surface area (Å²) in [6, 6.07) is 17.6. The lowest BCUT2D eigenvalue weighted by molar-refractivity contribution is 0.577. The average molecular weight is 445 g/mol. The van der Waals surface area contributed by atoms with E-state index in [0.717, 1.165) is 16.0 Å². The number of anilines is 1. The molecule has 0 saturated heterocycles. The highest BCUT2D eigenvalue weighted by atomic mass is 35.5. The molecule has 2 aromatic heterocycles. The fourth-order valence-corrected chi connectivity index (χ4v) is 4.77. The van der Waals surface area contributed by atoms with Gasteiger partial charge >= 0.3 is 0 Å². The average Bonchev–Trinajstić information content (AvgIpc) is 3.38. The molecule has 0 spiro atoms. The van der Waals surface area contributed by atoms with Gasteiger partial charge < -0.3 is 9.73 Å². The lowest BCUT2D eigenvalue weighted by Crippen LogP contribution is -2.07. The monoisotopic (exact) mass is 444 g/mol. The number of oxazole rings is 1. The van der Waals surface area contributed by atoms with Gasteiger partial charge in [0.25, 0.3) is 0 Å². The number of aryl methyl sites for hydroxylation is 1. The summed E-state index contributed by atoms with van der Waals surface area (Å²) in [5.74, 6) is 0.383. The number of sulfone groups is 1. The summed E-state index contributed by atoms with van der Waals surface area (Å²) >= 11 is 7.36. The minimum absolute atomic E-state index is 0.115. The summed E-state index contributed by atoms with van der Waals surface area (Å²) in [6.45, 7) is 2.27. The maximum absolute atomic E-state index is 13.2. The normalized spacial score (nSPS) is 11.5. The Morgan fingerprint density at radius 3 is 2.45 bits per heavy atom. The maximum Gasteiger partial charge on any atom is 0.240 e. The third kappa shape index (κ3) is 4.22. The fraction of sp³-hybridized carbons (Fsp3) is 0.0952. The molecule has 0 fully saturated rings. The molecule has 0 saturated carbocycles. The molecule has 0 amide bonds. The van der Waals surface area contributed by atoms with Crippen LogP contribution in [-0.4, -0.2) is 13.4 Å². The zero-order chi connectivity index (χ0) is 20.4. The van der Waals surface area contributed by atoms with Gasteiger partial charge in [0.05, 0.1) is 9.77 Å². The van der Waals surface area contributed by atoms with Gasteiger partial charge in [-0.3, -0.25) is 0 Å². The molecule has 4 aromatic rings. The molecule has 29 heavy (non-hydrogen) atoms. The van der Waals surface area contributed by atoms with E-state index in [1.165, 1.54) is 11.3 Å². The zero-order valence-electron chi connectivity index (χ0n) is 15.4. The summed E-state index contributed by atoms with van der Waals surface area (Å²) < 4.78 is 32.3. The smallest absolute Gasteiger partial charge is 0.240 e. The standard InChI is InChI=1S/C21H17ClN2O3S2/c1-14-4-10-17(11-5-14)29(25,26)21-20(23-13-15-6-8-16(22)9-7-15)27-19(24-21)18-3-2-12-28-18/h2-12,23H,13H2,1H3. The van der Waals surface area contributed by atoms with Crippen molar-refractivity contribution >= 4 is 38.7 Å². The van der Waals surface area contributed by atoms with Crippen LogP contribution in [0.5, 0.6) is 0 Å². The Hall–Kier alpha value is -2.61. The van der Waals surface area contributed by atoms with Gasteiger partial charge in [-0.15, -0.1) is 11.3 Å². The molecule has 0 bridgehead atoms. The van der Waals surface area contributed by atoms with Crippen molar-refractivity contribution in [1.29, 1.82) is 0 Å². The maximum atomic E-state index is 13.2. The summed E-state index contributed by atoms with van der Waals surface area (Å²) in [5.41, 5.74) is 1.91. The molecule has 148 valence electrons. The van der Waals surface area contributed by atoms with Crippen molar-refractivity contribution in [2.45, 2.75) is 23.4 Å². The van der Waals surface area contributed by atoms with E-state index in [-0.39, 0.29) is 21.7 Å². The second kappa shape index (κ2) is 8.02. The minimum Gasteiger partial charge on any atom is -0.418 e. The molecule has 1 N–H and O–H groups in total. The fourth-order valence-electron chi connectivity index (χ4n) is 2.72. The highest BCUT2D eigenvalue weighted by Crippen LogP contribution is 2.34. The van der Waals surface area contributed by atoms with Crippen LogP contribution in [0.1, 0.15) is 11.1 Å². The van der Waals surface area contributed by atoms with E-state index in [1.807, 2.05) is 36.6 Å². The van der Waals surface area contributed by atoms with Crippen LogP contribution in [0.2, 0.25) is 5.02 Å². The number of nitrogens with zero attached hydrogens (tertiary/aromatic N) is 1. The lowest BCUT2D eigenvalue weighted by atomic mass is 10.2. The number of thiophene rings is 1. The number of nitrogens with one attached hydrogen (secondary N) is 1. The second-order valence-electron chi connectivity index (χ2n) is 6.43. The minimum atomic E-state index is -3.85. The number of rotatable bonds is 6. The number of aromatic nitrogens is 1. The molecule has 0 radical (unpaired) electrons. The van der Waals surface area contributed by atoms with Crippen LogP contribution in [0.25, 0.3) is 10.8 Å². The van der Waals surface area contributed by atoms with Gasteiger partial charge in [0, 0.05) is 11.6 Å². The van der Waals surface area contributed by atoms with Gasteiger partial charge in [-0.2, -0.15) is 4.98 Å². The largest absolute Gasteiger partial charge is 0.418 e. The zero-order valence-corrected chi connectivity index (χ0v) is 17.8. The molecule has 0 aliphatic rings. The molecular formula is C21H17ClN2O3S2. The van der Waals surface area contributed by atoms with E-state index in [1.54, 1.807) is 36.4 Å². The summed E-state index contributed by atoms with van der Waals surface area (Å²) in [7, 11) is -3.85. The first-order chi connectivity index (χ1) is 13.9. The van der Waals surface area contributed by atoms with Crippen molar-refractivity contribution in [3.63, 3.8) is 0 Å². The number of benzene rings is 2. The van der Waals surface area contributed by atoms with Gasteiger partial charge in [-0.05, 0) is 48.2 Å². The summed E-state index contributed by atoms with van der Waals surface area (Å²) in [5, 5.41) is 5.46. The van der Waals surface area contributed by atoms with Gasteiger partial charge in [0.15, 0.2) is 0 Å². The SMILES string of the molecule is Cc1ccc(S(=O)(=O)c2nc(-c3cccs3)oc2NCc2ccc(Cl)cc2)cc1. The van der Waals surface area contributed by atoms with E-state index in [2.05, 4.69) is 10.3 Å². The van der Waals surface area contributed by atoms with Crippen molar-refractivity contribution in [3.8, 4) is 10.8 Å². The number of halogens is 1. The third-order valence-corrected chi connectivity index (χ3v) is 7.07. The molecular weight excluding hydrogens is 428 g/mol. The molecule has 0 unspecified atom stereocenters. The Bertz CT molecular complexity index is 1210. The van der Waals surface area contributed by atoms with Crippen LogP contribution < -0.4 is 5.32 Å². The third-order valence-electron chi connectivity index (χ3n) is 4.28. The van der Waals surface area contributed by atoms with Gasteiger partial charge in [-0.25, -0.2) is 8.42 Å². The Kier molecular flexibility index (Phi) is 5.45. The lowest BCUT2D eigenvalue weighted by Gasteiger charge is -2.07. The predicted molar refractivity (Wildman–Crippen MR) is 115 cm³/mol. The molecule has 2 heterocycles. The Morgan fingerprint density at radius 2 is 1.79 bits per heavy atom. The molecule has 8 heteroatoms. The molecule has 0 atom stereocenters. The highest BCUT2D eigenvalue weighted by molar-refractivity contribution is 7.91. The summed E-state index contributed by atoms with van der Waals surface area (Å²) in [6.07, 6.45) is 0. The van der Waals surface area contributed by atoms with E-state index < -0.39 is 9.84 Å². The van der Waals surface area contributed by atoms with E-state index in [4.69, 9.17) is 16.0 Å².